The largest absolute Gasteiger partial charge is 0.361 e. The molecule has 0 saturated carbocycles. The first-order valence-corrected chi connectivity index (χ1v) is 8.97. The zero-order valence-electron chi connectivity index (χ0n) is 15.6. The monoisotopic (exact) mass is 362 g/mol. The Morgan fingerprint density at radius 2 is 2.08 bits per heavy atom. The zero-order chi connectivity index (χ0) is 18.4. The highest BCUT2D eigenvalue weighted by Gasteiger charge is 2.17. The number of aromatic nitrogens is 1. The highest BCUT2D eigenvalue weighted by molar-refractivity contribution is 6.31. The third-order valence-corrected chi connectivity index (χ3v) is 4.53. The minimum absolute atomic E-state index is 0.244. The van der Waals surface area contributed by atoms with E-state index in [1.165, 1.54) is 0 Å². The molecule has 0 aliphatic heterocycles. The number of aliphatic imine (C=N–C) groups is 1. The molecule has 5 nitrogen and oxygen atoms in total. The minimum atomic E-state index is 0.244. The van der Waals surface area contributed by atoms with Gasteiger partial charge in [-0.2, -0.15) is 0 Å². The van der Waals surface area contributed by atoms with Crippen molar-refractivity contribution >= 4 is 17.6 Å². The van der Waals surface area contributed by atoms with E-state index in [0.717, 1.165) is 40.1 Å². The van der Waals surface area contributed by atoms with E-state index in [-0.39, 0.29) is 5.92 Å². The van der Waals surface area contributed by atoms with Crippen LogP contribution in [-0.4, -0.2) is 36.2 Å². The molecule has 1 unspecified atom stereocenters. The standard InChI is InChI=1S/C19H27ClN4O/c1-6-21-19(24(5)12-16-9-7-8-10-17(16)20)22-11-13(2)18-14(3)23-25-15(18)4/h7-10,13H,6,11-12H2,1-5H3,(H,21,22). The van der Waals surface area contributed by atoms with Gasteiger partial charge in [-0.1, -0.05) is 41.9 Å². The van der Waals surface area contributed by atoms with Gasteiger partial charge in [0.15, 0.2) is 5.96 Å². The summed E-state index contributed by atoms with van der Waals surface area (Å²) < 4.78 is 5.27. The Balaban J connectivity index is 2.11. The van der Waals surface area contributed by atoms with Gasteiger partial charge in [0.2, 0.25) is 0 Å². The van der Waals surface area contributed by atoms with Gasteiger partial charge in [0.05, 0.1) is 5.69 Å². The summed E-state index contributed by atoms with van der Waals surface area (Å²) in [6.07, 6.45) is 0. The maximum atomic E-state index is 6.28. The number of hydrogen-bond donors (Lipinski definition) is 1. The molecule has 0 spiro atoms. The summed E-state index contributed by atoms with van der Waals surface area (Å²) in [7, 11) is 2.02. The smallest absolute Gasteiger partial charge is 0.193 e. The molecule has 0 aliphatic rings. The second-order valence-electron chi connectivity index (χ2n) is 6.28. The van der Waals surface area contributed by atoms with Crippen LogP contribution in [0, 0.1) is 13.8 Å². The van der Waals surface area contributed by atoms with Crippen LogP contribution in [0.4, 0.5) is 0 Å². The number of guanidine groups is 1. The number of nitrogens with one attached hydrogen (secondary N) is 1. The average Bonchev–Trinajstić information content (AvgIpc) is 2.92. The molecule has 0 saturated heterocycles. The van der Waals surface area contributed by atoms with E-state index in [2.05, 4.69) is 29.2 Å². The second-order valence-corrected chi connectivity index (χ2v) is 6.69. The Labute approximate surface area is 155 Å². The lowest BCUT2D eigenvalue weighted by molar-refractivity contribution is 0.391. The van der Waals surface area contributed by atoms with Crippen LogP contribution in [0.3, 0.4) is 0 Å². The van der Waals surface area contributed by atoms with Gasteiger partial charge in [-0.25, -0.2) is 0 Å². The van der Waals surface area contributed by atoms with Crippen molar-refractivity contribution in [2.75, 3.05) is 20.1 Å². The highest BCUT2D eigenvalue weighted by Crippen LogP contribution is 2.23. The molecule has 25 heavy (non-hydrogen) atoms. The third-order valence-electron chi connectivity index (χ3n) is 4.16. The number of rotatable bonds is 6. The highest BCUT2D eigenvalue weighted by atomic mass is 35.5. The molecule has 0 fully saturated rings. The first kappa shape index (κ1) is 19.3. The topological polar surface area (TPSA) is 53.7 Å². The van der Waals surface area contributed by atoms with Crippen molar-refractivity contribution in [3.8, 4) is 0 Å². The predicted molar refractivity (Wildman–Crippen MR) is 103 cm³/mol. The van der Waals surface area contributed by atoms with Crippen LogP contribution in [0.25, 0.3) is 0 Å². The normalized spacial score (nSPS) is 13.0. The van der Waals surface area contributed by atoms with Crippen molar-refractivity contribution in [1.29, 1.82) is 0 Å². The van der Waals surface area contributed by atoms with Gasteiger partial charge >= 0.3 is 0 Å². The Bertz CT molecular complexity index is 706. The minimum Gasteiger partial charge on any atom is -0.361 e. The van der Waals surface area contributed by atoms with Crippen molar-refractivity contribution in [3.63, 3.8) is 0 Å². The first-order valence-electron chi connectivity index (χ1n) is 8.59. The fourth-order valence-corrected chi connectivity index (χ4v) is 3.13. The average molecular weight is 363 g/mol. The fraction of sp³-hybridized carbons (Fsp3) is 0.474. The van der Waals surface area contributed by atoms with Crippen molar-refractivity contribution in [2.45, 2.75) is 40.2 Å². The first-order chi connectivity index (χ1) is 11.9. The Hall–Kier alpha value is -2.01. The van der Waals surface area contributed by atoms with E-state index in [1.54, 1.807) is 0 Å². The second kappa shape index (κ2) is 8.90. The number of halogens is 1. The summed E-state index contributed by atoms with van der Waals surface area (Å²) in [6, 6.07) is 7.89. The van der Waals surface area contributed by atoms with Gasteiger partial charge in [-0.15, -0.1) is 0 Å². The van der Waals surface area contributed by atoms with E-state index in [1.807, 2.05) is 45.2 Å². The SMILES string of the molecule is CCNC(=NCC(C)c1c(C)noc1C)N(C)Cc1ccccc1Cl. The zero-order valence-corrected chi connectivity index (χ0v) is 16.4. The molecule has 0 amide bonds. The molecule has 1 N–H and O–H groups in total. The van der Waals surface area contributed by atoms with Crippen molar-refractivity contribution < 1.29 is 4.52 Å². The molecule has 1 atom stereocenters. The van der Waals surface area contributed by atoms with Crippen LogP contribution in [0.2, 0.25) is 5.02 Å². The van der Waals surface area contributed by atoms with Gasteiger partial charge in [-0.05, 0) is 32.4 Å². The van der Waals surface area contributed by atoms with Crippen LogP contribution in [0.5, 0.6) is 0 Å². The molecule has 2 rings (SSSR count). The van der Waals surface area contributed by atoms with Crippen LogP contribution in [-0.2, 0) is 6.54 Å². The Morgan fingerprint density at radius 3 is 2.68 bits per heavy atom. The summed E-state index contributed by atoms with van der Waals surface area (Å²) in [5.41, 5.74) is 3.17. The lowest BCUT2D eigenvalue weighted by atomic mass is 10.00. The molecule has 1 aromatic carbocycles. The molecule has 1 aromatic heterocycles. The van der Waals surface area contributed by atoms with Gasteiger partial charge in [0, 0.05) is 43.2 Å². The van der Waals surface area contributed by atoms with Gasteiger partial charge in [0.25, 0.3) is 0 Å². The van der Waals surface area contributed by atoms with E-state index in [9.17, 15) is 0 Å². The Kier molecular flexibility index (Phi) is 6.88. The van der Waals surface area contributed by atoms with E-state index in [4.69, 9.17) is 21.1 Å². The molecule has 0 bridgehead atoms. The van der Waals surface area contributed by atoms with Crippen LogP contribution >= 0.6 is 11.6 Å². The van der Waals surface area contributed by atoms with E-state index >= 15 is 0 Å². The van der Waals surface area contributed by atoms with Crippen LogP contribution in [0.1, 0.15) is 42.3 Å². The molecule has 0 radical (unpaired) electrons. The van der Waals surface area contributed by atoms with E-state index in [0.29, 0.717) is 13.1 Å². The number of aryl methyl sites for hydroxylation is 2. The van der Waals surface area contributed by atoms with Gasteiger partial charge in [-0.3, -0.25) is 4.99 Å². The lowest BCUT2D eigenvalue weighted by Crippen LogP contribution is -2.38. The van der Waals surface area contributed by atoms with Crippen molar-refractivity contribution in [1.82, 2.24) is 15.4 Å². The van der Waals surface area contributed by atoms with Crippen LogP contribution < -0.4 is 5.32 Å². The van der Waals surface area contributed by atoms with Gasteiger partial charge < -0.3 is 14.7 Å². The molecular formula is C19H27ClN4O. The molecule has 136 valence electrons. The summed E-state index contributed by atoms with van der Waals surface area (Å²) in [5.74, 6) is 1.98. The summed E-state index contributed by atoms with van der Waals surface area (Å²) in [4.78, 5) is 6.88. The summed E-state index contributed by atoms with van der Waals surface area (Å²) in [6.45, 7) is 10.3. The van der Waals surface area contributed by atoms with Crippen molar-refractivity contribution in [2.24, 2.45) is 4.99 Å². The third kappa shape index (κ3) is 4.98. The number of benzene rings is 1. The van der Waals surface area contributed by atoms with Crippen LogP contribution in [0.15, 0.2) is 33.8 Å². The summed E-state index contributed by atoms with van der Waals surface area (Å²) in [5, 5.41) is 8.16. The molecular weight excluding hydrogens is 336 g/mol. The molecule has 2 aromatic rings. The lowest BCUT2D eigenvalue weighted by Gasteiger charge is -2.23. The molecule has 6 heteroatoms. The molecule has 0 aliphatic carbocycles. The quantitative estimate of drug-likeness (QED) is 0.619. The number of hydrogen-bond acceptors (Lipinski definition) is 3. The van der Waals surface area contributed by atoms with Crippen molar-refractivity contribution in [3.05, 3.63) is 51.9 Å². The maximum absolute atomic E-state index is 6.28. The van der Waals surface area contributed by atoms with Gasteiger partial charge in [0.1, 0.15) is 5.76 Å². The van der Waals surface area contributed by atoms with E-state index < -0.39 is 0 Å². The summed E-state index contributed by atoms with van der Waals surface area (Å²) >= 11 is 6.28. The molecule has 1 heterocycles. The predicted octanol–water partition coefficient (Wildman–Crippen LogP) is 4.15. The Morgan fingerprint density at radius 1 is 1.36 bits per heavy atom. The number of nitrogens with zero attached hydrogens (tertiary/aromatic N) is 3. The maximum Gasteiger partial charge on any atom is 0.193 e. The fourth-order valence-electron chi connectivity index (χ4n) is 2.94.